The molecule has 0 saturated heterocycles. The third kappa shape index (κ3) is 7.44. The molecule has 0 N–H and O–H groups in total. The Morgan fingerprint density at radius 1 is 1.02 bits per heavy atom. The van der Waals surface area contributed by atoms with Crippen LogP contribution in [0.2, 0.25) is 0 Å². The van der Waals surface area contributed by atoms with Crippen molar-refractivity contribution in [3.63, 3.8) is 0 Å². The van der Waals surface area contributed by atoms with Crippen LogP contribution in [0, 0.1) is 5.92 Å². The van der Waals surface area contributed by atoms with Crippen LogP contribution in [0.3, 0.4) is 0 Å². The fraction of sp³-hybridized carbons (Fsp3) is 0.486. The molecule has 2 aliphatic carbocycles. The Morgan fingerprint density at radius 3 is 2.48 bits per heavy atom. The molecule has 2 aromatic carbocycles. The van der Waals surface area contributed by atoms with Crippen LogP contribution >= 0.6 is 0 Å². The molecule has 0 spiro atoms. The maximum Gasteiger partial charge on any atom is 0.159 e. The first-order valence-electron chi connectivity index (χ1n) is 15.3. The van der Waals surface area contributed by atoms with Crippen molar-refractivity contribution in [2.75, 3.05) is 6.61 Å². The topological polar surface area (TPSA) is 53.4 Å². The summed E-state index contributed by atoms with van der Waals surface area (Å²) in [6.07, 6.45) is 15.2. The molecule has 1 fully saturated rings. The molecule has 40 heavy (non-hydrogen) atoms. The Labute approximate surface area is 240 Å². The molecule has 1 heterocycles. The Kier molecular flexibility index (Phi) is 10.6. The number of carbonyl (C=O) groups excluding carboxylic acids is 1. The van der Waals surface area contributed by atoms with Gasteiger partial charge in [0.2, 0.25) is 0 Å². The molecular formula is C35H46N2O3. The van der Waals surface area contributed by atoms with Gasteiger partial charge in [0.05, 0.1) is 23.4 Å². The second kappa shape index (κ2) is 14.3. The van der Waals surface area contributed by atoms with E-state index in [4.69, 9.17) is 14.5 Å². The molecule has 2 aliphatic rings. The van der Waals surface area contributed by atoms with Crippen LogP contribution in [-0.2, 0) is 4.74 Å². The van der Waals surface area contributed by atoms with Crippen molar-refractivity contribution < 1.29 is 14.3 Å². The second-order valence-corrected chi connectivity index (χ2v) is 11.1. The van der Waals surface area contributed by atoms with Crippen LogP contribution in [0.25, 0.3) is 22.4 Å². The van der Waals surface area contributed by atoms with E-state index >= 15 is 0 Å². The molecule has 0 radical (unpaired) electrons. The first kappa shape index (κ1) is 29.6. The highest BCUT2D eigenvalue weighted by Gasteiger charge is 2.23. The number of nitrogens with zero attached hydrogens (tertiary/aromatic N) is 2. The molecule has 3 aromatic rings. The molecule has 214 valence electrons. The summed E-state index contributed by atoms with van der Waals surface area (Å²) in [7, 11) is 0. The highest BCUT2D eigenvalue weighted by molar-refractivity contribution is 5.97. The number of benzene rings is 2. The van der Waals surface area contributed by atoms with Crippen molar-refractivity contribution >= 4 is 16.8 Å². The number of aromatic nitrogens is 2. The van der Waals surface area contributed by atoms with Gasteiger partial charge in [0.25, 0.3) is 0 Å². The van der Waals surface area contributed by atoms with Crippen LogP contribution in [-0.4, -0.2) is 28.0 Å². The number of fused-ring (bicyclic) bond motifs is 1. The average Bonchev–Trinajstić information content (AvgIpc) is 3.21. The summed E-state index contributed by atoms with van der Waals surface area (Å²) in [5, 5.41) is 0. The summed E-state index contributed by atoms with van der Waals surface area (Å²) in [6.45, 7) is 10.8. The van der Waals surface area contributed by atoms with Crippen LogP contribution in [0.15, 0.2) is 66.5 Å². The highest BCUT2D eigenvalue weighted by Crippen LogP contribution is 2.36. The van der Waals surface area contributed by atoms with E-state index in [0.717, 1.165) is 72.6 Å². The zero-order valence-corrected chi connectivity index (χ0v) is 25.0. The Morgan fingerprint density at radius 2 is 1.77 bits per heavy atom. The molecule has 0 bridgehead atoms. The number of hydrogen-bond donors (Lipinski definition) is 0. The summed E-state index contributed by atoms with van der Waals surface area (Å²) >= 11 is 0. The molecule has 1 aromatic heterocycles. The standard InChI is InChI=1S/C33H40N2O3.C2H6/c1-23(2)19-20-37-29-11-7-8-12-30(22-29)38-28-16-13-25(14-17-28)33-34-31-21-26(24(3)36)15-18-32(31)35(33)27-9-5-4-6-10-27;1-2/h7-8,13-18,21-23,27,30H,4-6,9-12,19-20H2,1-3H3;1-2H3. The predicted octanol–water partition coefficient (Wildman–Crippen LogP) is 9.48. The van der Waals surface area contributed by atoms with E-state index in [1.54, 1.807) is 6.92 Å². The van der Waals surface area contributed by atoms with Gasteiger partial charge in [-0.05, 0) is 80.6 Å². The molecule has 0 amide bonds. The van der Waals surface area contributed by atoms with Gasteiger partial charge in [-0.3, -0.25) is 4.79 Å². The summed E-state index contributed by atoms with van der Waals surface area (Å²) in [5.41, 5.74) is 3.77. The lowest BCUT2D eigenvalue weighted by atomic mass is 9.94. The van der Waals surface area contributed by atoms with Gasteiger partial charge in [-0.15, -0.1) is 0 Å². The number of allylic oxidation sites excluding steroid dienone is 1. The van der Waals surface area contributed by atoms with E-state index in [-0.39, 0.29) is 11.9 Å². The van der Waals surface area contributed by atoms with E-state index in [1.165, 1.54) is 19.3 Å². The molecule has 1 atom stereocenters. The van der Waals surface area contributed by atoms with Crippen molar-refractivity contribution in [3.8, 4) is 17.1 Å². The molecule has 5 heteroatoms. The second-order valence-electron chi connectivity index (χ2n) is 11.1. The lowest BCUT2D eigenvalue weighted by Gasteiger charge is -2.25. The van der Waals surface area contributed by atoms with E-state index in [9.17, 15) is 4.79 Å². The Balaban J connectivity index is 0.00000181. The van der Waals surface area contributed by atoms with Gasteiger partial charge in [0, 0.05) is 30.0 Å². The first-order chi connectivity index (χ1) is 19.5. The average molecular weight is 543 g/mol. The molecule has 5 nitrogen and oxygen atoms in total. The third-order valence-corrected chi connectivity index (χ3v) is 7.64. The van der Waals surface area contributed by atoms with Crippen molar-refractivity contribution in [3.05, 3.63) is 72.0 Å². The van der Waals surface area contributed by atoms with Crippen molar-refractivity contribution in [1.29, 1.82) is 0 Å². The number of rotatable bonds is 9. The number of ether oxygens (including phenoxy) is 2. The molecule has 1 saturated carbocycles. The molecular weight excluding hydrogens is 496 g/mol. The maximum atomic E-state index is 12.0. The van der Waals surface area contributed by atoms with Crippen molar-refractivity contribution in [1.82, 2.24) is 9.55 Å². The van der Waals surface area contributed by atoms with Gasteiger partial charge in [-0.25, -0.2) is 4.98 Å². The number of Topliss-reactive ketones (excluding diaryl/α,β-unsaturated/α-hetero) is 1. The zero-order valence-electron chi connectivity index (χ0n) is 25.0. The summed E-state index contributed by atoms with van der Waals surface area (Å²) in [4.78, 5) is 17.1. The minimum Gasteiger partial charge on any atom is -0.498 e. The SMILES string of the molecule is CC.CC(=O)c1ccc2c(c1)nc(-c1ccc(OC3C=C(OCCC(C)C)CC=CC3)cc1)n2C1CCCCC1. The summed E-state index contributed by atoms with van der Waals surface area (Å²) in [6, 6.07) is 14.7. The monoisotopic (exact) mass is 542 g/mol. The van der Waals surface area contributed by atoms with Gasteiger partial charge in [-0.1, -0.05) is 59.1 Å². The minimum absolute atomic E-state index is 0.0505. The summed E-state index contributed by atoms with van der Waals surface area (Å²) in [5.74, 6) is 3.50. The van der Waals surface area contributed by atoms with E-state index in [1.807, 2.05) is 38.1 Å². The number of hydrogen-bond acceptors (Lipinski definition) is 4. The van der Waals surface area contributed by atoms with E-state index in [2.05, 4.69) is 54.8 Å². The van der Waals surface area contributed by atoms with Crippen molar-refractivity contribution in [2.24, 2.45) is 5.92 Å². The van der Waals surface area contributed by atoms with Crippen molar-refractivity contribution in [2.45, 2.75) is 98.1 Å². The highest BCUT2D eigenvalue weighted by atomic mass is 16.5. The minimum atomic E-state index is -0.0505. The number of imidazole rings is 1. The zero-order chi connectivity index (χ0) is 28.5. The van der Waals surface area contributed by atoms with Crippen LogP contribution in [0.5, 0.6) is 5.75 Å². The smallest absolute Gasteiger partial charge is 0.159 e. The Hall–Kier alpha value is -3.34. The number of ketones is 1. The third-order valence-electron chi connectivity index (χ3n) is 7.64. The van der Waals surface area contributed by atoms with Crippen LogP contribution in [0.4, 0.5) is 0 Å². The predicted molar refractivity (Wildman–Crippen MR) is 165 cm³/mol. The molecule has 0 aliphatic heterocycles. The molecule has 1 unspecified atom stereocenters. The van der Waals surface area contributed by atoms with Gasteiger partial charge >= 0.3 is 0 Å². The number of carbonyl (C=O) groups is 1. The molecule has 5 rings (SSSR count). The van der Waals surface area contributed by atoms with Gasteiger partial charge in [0.1, 0.15) is 17.7 Å². The van der Waals surface area contributed by atoms with E-state index < -0.39 is 0 Å². The maximum absolute atomic E-state index is 12.0. The first-order valence-corrected chi connectivity index (χ1v) is 15.3. The van der Waals surface area contributed by atoms with Gasteiger partial charge in [-0.2, -0.15) is 0 Å². The van der Waals surface area contributed by atoms with Gasteiger partial charge < -0.3 is 14.0 Å². The largest absolute Gasteiger partial charge is 0.498 e. The lowest BCUT2D eigenvalue weighted by Crippen LogP contribution is -2.14. The quantitative estimate of drug-likeness (QED) is 0.200. The summed E-state index contributed by atoms with van der Waals surface area (Å²) < 4.78 is 14.8. The van der Waals surface area contributed by atoms with Crippen LogP contribution < -0.4 is 4.74 Å². The van der Waals surface area contributed by atoms with Crippen LogP contribution in [0.1, 0.15) is 102 Å². The normalized spacial score (nSPS) is 17.6. The lowest BCUT2D eigenvalue weighted by molar-refractivity contribution is 0.101. The van der Waals surface area contributed by atoms with Gasteiger partial charge in [0.15, 0.2) is 5.78 Å². The van der Waals surface area contributed by atoms with E-state index in [0.29, 0.717) is 17.5 Å². The fourth-order valence-electron chi connectivity index (χ4n) is 5.48. The Bertz CT molecular complexity index is 1310. The fourth-order valence-corrected chi connectivity index (χ4v) is 5.48.